The number of nitrogens with zero attached hydrogens (tertiary/aromatic N) is 1. The molecule has 8 heavy (non-hydrogen) atoms. The van der Waals surface area contributed by atoms with E-state index in [1.807, 2.05) is 0 Å². The molecule has 1 saturated heterocycles. The Kier molecular flexibility index (Phi) is 2.15. The number of hydrogen-bond acceptors (Lipinski definition) is 3. The van der Waals surface area contributed by atoms with Crippen LogP contribution >= 0.6 is 12.2 Å². The molecule has 1 aliphatic rings. The molecule has 0 unspecified atom stereocenters. The van der Waals surface area contributed by atoms with Crippen molar-refractivity contribution in [3.63, 3.8) is 0 Å². The second-order valence-electron chi connectivity index (χ2n) is 1.96. The van der Waals surface area contributed by atoms with Gasteiger partial charge in [0.15, 0.2) is 0 Å². The molecule has 0 saturated carbocycles. The molecule has 0 aromatic heterocycles. The molecule has 0 atom stereocenters. The van der Waals surface area contributed by atoms with Crippen molar-refractivity contribution in [1.82, 2.24) is 5.32 Å². The van der Waals surface area contributed by atoms with Crippen molar-refractivity contribution in [3.8, 4) is 0 Å². The van der Waals surface area contributed by atoms with Gasteiger partial charge in [-0.25, -0.2) is 4.99 Å². The zero-order chi connectivity index (χ0) is 5.82. The van der Waals surface area contributed by atoms with E-state index in [1.54, 1.807) is 0 Å². The molecule has 2 nitrogen and oxygen atoms in total. The number of hydrogen-bond donors (Lipinski definition) is 1. The molecule has 0 aromatic carbocycles. The van der Waals surface area contributed by atoms with Crippen LogP contribution in [0.15, 0.2) is 4.99 Å². The van der Waals surface area contributed by atoms with Crippen LogP contribution in [0.3, 0.4) is 0 Å². The van der Waals surface area contributed by atoms with E-state index >= 15 is 0 Å². The fourth-order valence-electron chi connectivity index (χ4n) is 0.644. The van der Waals surface area contributed by atoms with Gasteiger partial charge < -0.3 is 5.32 Å². The molecule has 1 heterocycles. The summed E-state index contributed by atoms with van der Waals surface area (Å²) < 4.78 is 0. The SMILES string of the molecule is S=C=NCC1CNC1. The minimum atomic E-state index is 0.727. The van der Waals surface area contributed by atoms with E-state index in [2.05, 4.69) is 27.7 Å². The summed E-state index contributed by atoms with van der Waals surface area (Å²) in [7, 11) is 0. The van der Waals surface area contributed by atoms with Crippen molar-refractivity contribution in [2.45, 2.75) is 0 Å². The molecular weight excluding hydrogens is 120 g/mol. The molecule has 1 rings (SSSR count). The zero-order valence-electron chi connectivity index (χ0n) is 4.55. The van der Waals surface area contributed by atoms with Gasteiger partial charge in [0.25, 0.3) is 0 Å². The quantitative estimate of drug-likeness (QED) is 0.427. The molecule has 0 spiro atoms. The molecule has 1 aliphatic heterocycles. The Bertz CT molecular complexity index is 114. The second-order valence-corrected chi connectivity index (χ2v) is 2.14. The first kappa shape index (κ1) is 5.89. The number of nitrogens with one attached hydrogen (secondary N) is 1. The van der Waals surface area contributed by atoms with E-state index in [1.165, 1.54) is 0 Å². The summed E-state index contributed by atoms with van der Waals surface area (Å²) in [6.45, 7) is 3.05. The van der Waals surface area contributed by atoms with Gasteiger partial charge in [0.05, 0.1) is 11.7 Å². The van der Waals surface area contributed by atoms with Crippen LogP contribution in [0.4, 0.5) is 0 Å². The lowest BCUT2D eigenvalue weighted by atomic mass is 10.0. The molecule has 3 heteroatoms. The van der Waals surface area contributed by atoms with Crippen molar-refractivity contribution in [3.05, 3.63) is 0 Å². The second kappa shape index (κ2) is 2.92. The minimum absolute atomic E-state index is 0.727. The number of rotatable bonds is 2. The maximum absolute atomic E-state index is 4.41. The van der Waals surface area contributed by atoms with Crippen LogP contribution in [-0.4, -0.2) is 24.8 Å². The Balaban J connectivity index is 2.09. The van der Waals surface area contributed by atoms with Gasteiger partial charge in [-0.15, -0.1) is 0 Å². The van der Waals surface area contributed by atoms with Crippen molar-refractivity contribution >= 4 is 17.4 Å². The van der Waals surface area contributed by atoms with Gasteiger partial charge in [-0.1, -0.05) is 0 Å². The van der Waals surface area contributed by atoms with Crippen molar-refractivity contribution < 1.29 is 0 Å². The fraction of sp³-hybridized carbons (Fsp3) is 0.800. The Morgan fingerprint density at radius 3 is 2.88 bits per heavy atom. The lowest BCUT2D eigenvalue weighted by Crippen LogP contribution is -2.43. The van der Waals surface area contributed by atoms with Gasteiger partial charge in [-0.3, -0.25) is 0 Å². The van der Waals surface area contributed by atoms with Gasteiger partial charge in [-0.05, 0) is 12.2 Å². The van der Waals surface area contributed by atoms with Gasteiger partial charge in [0.2, 0.25) is 0 Å². The molecular formula is C5H8N2S. The molecule has 0 bridgehead atoms. The Hall–Kier alpha value is -0.240. The lowest BCUT2D eigenvalue weighted by molar-refractivity contribution is 0.358. The molecule has 0 amide bonds. The van der Waals surface area contributed by atoms with Crippen molar-refractivity contribution in [1.29, 1.82) is 0 Å². The summed E-state index contributed by atoms with van der Waals surface area (Å²) in [5.74, 6) is 0.727. The van der Waals surface area contributed by atoms with Crippen molar-refractivity contribution in [2.24, 2.45) is 10.9 Å². The highest BCUT2D eigenvalue weighted by Crippen LogP contribution is 2.01. The van der Waals surface area contributed by atoms with Crippen LogP contribution in [-0.2, 0) is 0 Å². The van der Waals surface area contributed by atoms with E-state index in [-0.39, 0.29) is 0 Å². The summed E-state index contributed by atoms with van der Waals surface area (Å²) in [5.41, 5.74) is 0. The van der Waals surface area contributed by atoms with Gasteiger partial charge in [0, 0.05) is 19.0 Å². The topological polar surface area (TPSA) is 24.4 Å². The molecule has 0 aromatic rings. The third kappa shape index (κ3) is 1.37. The highest BCUT2D eigenvalue weighted by Gasteiger charge is 2.14. The lowest BCUT2D eigenvalue weighted by Gasteiger charge is -2.24. The monoisotopic (exact) mass is 128 g/mol. The standard InChI is InChI=1S/C5H8N2S/c8-4-7-3-5-1-6-2-5/h5-6H,1-3H2. The number of isothiocyanates is 1. The summed E-state index contributed by atoms with van der Waals surface area (Å²) in [6.07, 6.45) is 0. The number of thiocarbonyl (C=S) groups is 1. The van der Waals surface area contributed by atoms with E-state index < -0.39 is 0 Å². The van der Waals surface area contributed by atoms with Crippen LogP contribution in [0.5, 0.6) is 0 Å². The van der Waals surface area contributed by atoms with E-state index in [9.17, 15) is 0 Å². The van der Waals surface area contributed by atoms with Crippen LogP contribution < -0.4 is 5.32 Å². The summed E-state index contributed by atoms with van der Waals surface area (Å²) >= 11 is 4.41. The minimum Gasteiger partial charge on any atom is -0.316 e. The average Bonchev–Trinajstić information content (AvgIpc) is 1.63. The third-order valence-corrected chi connectivity index (χ3v) is 1.41. The fourth-order valence-corrected chi connectivity index (χ4v) is 0.718. The van der Waals surface area contributed by atoms with E-state index in [0.717, 1.165) is 25.6 Å². The summed E-state index contributed by atoms with van der Waals surface area (Å²) in [5, 5.41) is 5.50. The maximum atomic E-state index is 4.41. The highest BCUT2D eigenvalue weighted by molar-refractivity contribution is 7.78. The van der Waals surface area contributed by atoms with Crippen LogP contribution in [0, 0.1) is 5.92 Å². The van der Waals surface area contributed by atoms with Crippen LogP contribution in [0.25, 0.3) is 0 Å². The zero-order valence-corrected chi connectivity index (χ0v) is 5.37. The van der Waals surface area contributed by atoms with Crippen LogP contribution in [0.2, 0.25) is 0 Å². The average molecular weight is 128 g/mol. The third-order valence-electron chi connectivity index (χ3n) is 1.28. The first-order chi connectivity index (χ1) is 3.93. The first-order valence-corrected chi connectivity index (χ1v) is 3.08. The molecule has 44 valence electrons. The molecule has 1 fully saturated rings. The van der Waals surface area contributed by atoms with Gasteiger partial charge in [0.1, 0.15) is 0 Å². The molecule has 0 aliphatic carbocycles. The smallest absolute Gasteiger partial charge is 0.0585 e. The van der Waals surface area contributed by atoms with Crippen molar-refractivity contribution in [2.75, 3.05) is 19.6 Å². The first-order valence-electron chi connectivity index (χ1n) is 2.68. The van der Waals surface area contributed by atoms with Gasteiger partial charge >= 0.3 is 0 Å². The number of aliphatic imine (C=N–C) groups is 1. The normalized spacial score (nSPS) is 19.0. The summed E-state index contributed by atoms with van der Waals surface area (Å²) in [6, 6.07) is 0. The molecule has 1 N–H and O–H groups in total. The predicted molar refractivity (Wildman–Crippen MR) is 36.3 cm³/mol. The maximum Gasteiger partial charge on any atom is 0.0585 e. The summed E-state index contributed by atoms with van der Waals surface area (Å²) in [4.78, 5) is 3.82. The Morgan fingerprint density at radius 2 is 2.50 bits per heavy atom. The highest BCUT2D eigenvalue weighted by atomic mass is 32.1. The Morgan fingerprint density at radius 1 is 1.75 bits per heavy atom. The predicted octanol–water partition coefficient (Wildman–Crippen LogP) is 0.309. The van der Waals surface area contributed by atoms with E-state index in [4.69, 9.17) is 0 Å². The largest absolute Gasteiger partial charge is 0.316 e. The van der Waals surface area contributed by atoms with Gasteiger partial charge in [-0.2, -0.15) is 0 Å². The van der Waals surface area contributed by atoms with Crippen LogP contribution in [0.1, 0.15) is 0 Å². The Labute approximate surface area is 54.0 Å². The molecule has 0 radical (unpaired) electrons. The van der Waals surface area contributed by atoms with E-state index in [0.29, 0.717) is 0 Å².